The van der Waals surface area contributed by atoms with Crippen LogP contribution in [-0.2, 0) is 9.47 Å². The van der Waals surface area contributed by atoms with Crippen LogP contribution in [0.25, 0.3) is 0 Å². The van der Waals surface area contributed by atoms with Crippen molar-refractivity contribution in [1.29, 1.82) is 5.26 Å². The van der Waals surface area contributed by atoms with Crippen LogP contribution in [0, 0.1) is 75.4 Å². The maximum Gasteiger partial charge on any atom is 0.146 e. The molecule has 4 fully saturated rings. The molecule has 3 nitrogen and oxygen atoms in total. The zero-order chi connectivity index (χ0) is 24.0. The summed E-state index contributed by atoms with van der Waals surface area (Å²) in [5, 5.41) is 9.20. The lowest BCUT2D eigenvalue weighted by atomic mass is 9.39. The van der Waals surface area contributed by atoms with Crippen molar-refractivity contribution in [3.8, 4) is 6.07 Å². The van der Waals surface area contributed by atoms with Crippen molar-refractivity contribution in [3.63, 3.8) is 0 Å². The quantitative estimate of drug-likeness (QED) is 0.368. The molecule has 0 aromatic carbocycles. The molecule has 0 aromatic heterocycles. The highest BCUT2D eigenvalue weighted by Crippen LogP contribution is 2.71. The Morgan fingerprint density at radius 2 is 1.85 bits per heavy atom. The molecule has 0 aliphatic heterocycles. The predicted octanol–water partition coefficient (Wildman–Crippen LogP) is 7.70. The van der Waals surface area contributed by atoms with Crippen molar-refractivity contribution in [1.82, 2.24) is 0 Å². The highest BCUT2D eigenvalue weighted by Gasteiger charge is 2.66. The minimum absolute atomic E-state index is 0.337. The maximum absolute atomic E-state index is 9.20. The van der Waals surface area contributed by atoms with Crippen LogP contribution in [0.2, 0.25) is 0 Å². The number of hydrogen-bond acceptors (Lipinski definition) is 3. The minimum atomic E-state index is 0.337. The van der Waals surface area contributed by atoms with Crippen LogP contribution >= 0.6 is 0 Å². The van der Waals surface area contributed by atoms with Gasteiger partial charge in [0.15, 0.2) is 0 Å². The highest BCUT2D eigenvalue weighted by molar-refractivity contribution is 5.15. The molecule has 188 valence electrons. The van der Waals surface area contributed by atoms with Crippen molar-refractivity contribution in [3.05, 3.63) is 0 Å². The van der Waals surface area contributed by atoms with Gasteiger partial charge in [-0.3, -0.25) is 0 Å². The lowest BCUT2D eigenvalue weighted by molar-refractivity contribution is -0.244. The van der Waals surface area contributed by atoms with E-state index in [0.717, 1.165) is 41.9 Å². The number of nitrogens with zero attached hydrogens (tertiary/aromatic N) is 1. The second-order valence-corrected chi connectivity index (χ2v) is 13.4. The second-order valence-electron chi connectivity index (χ2n) is 13.4. The monoisotopic (exact) mass is 457 g/mol. The van der Waals surface area contributed by atoms with Gasteiger partial charge in [0.1, 0.15) is 6.79 Å². The van der Waals surface area contributed by atoms with Crippen molar-refractivity contribution >= 4 is 0 Å². The molecule has 0 N–H and O–H groups in total. The van der Waals surface area contributed by atoms with Gasteiger partial charge in [0.25, 0.3) is 0 Å². The van der Waals surface area contributed by atoms with E-state index in [1.165, 1.54) is 44.9 Å². The first-order valence-corrected chi connectivity index (χ1v) is 14.2. The summed E-state index contributed by atoms with van der Waals surface area (Å²) < 4.78 is 12.2. The van der Waals surface area contributed by atoms with Crippen molar-refractivity contribution in [2.75, 3.05) is 13.9 Å². The number of hydrogen-bond donors (Lipinski definition) is 0. The van der Waals surface area contributed by atoms with Gasteiger partial charge in [-0.1, -0.05) is 54.4 Å². The van der Waals surface area contributed by atoms with E-state index >= 15 is 0 Å². The first-order chi connectivity index (χ1) is 15.7. The Morgan fingerprint density at radius 3 is 2.52 bits per heavy atom. The van der Waals surface area contributed by atoms with Gasteiger partial charge in [0.05, 0.1) is 12.2 Å². The fourth-order valence-electron chi connectivity index (χ4n) is 10.7. The van der Waals surface area contributed by atoms with E-state index in [9.17, 15) is 5.26 Å². The molecule has 0 radical (unpaired) electrons. The Balaban J connectivity index is 1.73. The van der Waals surface area contributed by atoms with Crippen molar-refractivity contribution in [2.45, 2.75) is 105 Å². The van der Waals surface area contributed by atoms with E-state index in [-0.39, 0.29) is 0 Å². The number of nitriles is 1. The van der Waals surface area contributed by atoms with Gasteiger partial charge in [-0.15, -0.1) is 0 Å². The second kappa shape index (κ2) is 9.81. The summed E-state index contributed by atoms with van der Waals surface area (Å²) in [5.41, 5.74) is 0.837. The first-order valence-electron chi connectivity index (χ1n) is 14.2. The third kappa shape index (κ3) is 4.10. The van der Waals surface area contributed by atoms with Gasteiger partial charge >= 0.3 is 0 Å². The zero-order valence-corrected chi connectivity index (χ0v) is 22.6. The Labute approximate surface area is 204 Å². The van der Waals surface area contributed by atoms with Gasteiger partial charge in [-0.05, 0) is 103 Å². The van der Waals surface area contributed by atoms with Crippen LogP contribution < -0.4 is 0 Å². The van der Waals surface area contributed by atoms with Crippen molar-refractivity contribution < 1.29 is 9.47 Å². The Morgan fingerprint density at radius 1 is 1.09 bits per heavy atom. The predicted molar refractivity (Wildman–Crippen MR) is 134 cm³/mol. The van der Waals surface area contributed by atoms with Crippen LogP contribution in [0.3, 0.4) is 0 Å². The van der Waals surface area contributed by atoms with Gasteiger partial charge in [0, 0.05) is 13.5 Å². The van der Waals surface area contributed by atoms with Crippen LogP contribution in [0.1, 0.15) is 99.3 Å². The van der Waals surface area contributed by atoms with Gasteiger partial charge < -0.3 is 9.47 Å². The zero-order valence-electron chi connectivity index (χ0n) is 22.6. The third-order valence-electron chi connectivity index (χ3n) is 11.7. The molecule has 0 saturated heterocycles. The maximum atomic E-state index is 9.20. The molecular formula is C30H51NO2. The molecule has 0 heterocycles. The minimum Gasteiger partial charge on any atom is -0.359 e. The largest absolute Gasteiger partial charge is 0.359 e. The van der Waals surface area contributed by atoms with E-state index in [1.807, 2.05) is 0 Å². The van der Waals surface area contributed by atoms with Crippen LogP contribution in [0.5, 0.6) is 0 Å². The molecule has 4 aliphatic rings. The summed E-state index contributed by atoms with van der Waals surface area (Å²) in [7, 11) is 1.78. The lowest BCUT2D eigenvalue weighted by Gasteiger charge is -2.67. The number of methoxy groups -OCH3 is 1. The smallest absolute Gasteiger partial charge is 0.146 e. The summed E-state index contributed by atoms with van der Waals surface area (Å²) in [6, 6.07) is 2.41. The molecule has 5 unspecified atom stereocenters. The van der Waals surface area contributed by atoms with Gasteiger partial charge in [0.2, 0.25) is 0 Å². The summed E-state index contributed by atoms with van der Waals surface area (Å²) in [5.74, 6) is 6.59. The fraction of sp³-hybridized carbons (Fsp3) is 0.967. The molecule has 4 aliphatic carbocycles. The molecule has 0 aromatic rings. The molecule has 12 atom stereocenters. The van der Waals surface area contributed by atoms with Crippen LogP contribution in [-0.4, -0.2) is 20.0 Å². The van der Waals surface area contributed by atoms with E-state index in [2.05, 4.69) is 47.6 Å². The SMILES string of the molecule is CC[C@H]1C(OCOC)C2C3CC[C@H]([C@H](C)CCC#N)[C@@]3(C)CC(C)C2[C@@]2(C)CC[C@@H](C)C[C@@H]12. The normalized spacial score (nSPS) is 50.1. The van der Waals surface area contributed by atoms with E-state index < -0.39 is 0 Å². The summed E-state index contributed by atoms with van der Waals surface area (Å²) in [6.07, 6.45) is 11.6. The van der Waals surface area contributed by atoms with Gasteiger partial charge in [-0.25, -0.2) is 0 Å². The first kappa shape index (κ1) is 25.5. The third-order valence-corrected chi connectivity index (χ3v) is 11.7. The van der Waals surface area contributed by atoms with Crippen LogP contribution in [0.15, 0.2) is 0 Å². The van der Waals surface area contributed by atoms with E-state index in [1.54, 1.807) is 7.11 Å². The Hall–Kier alpha value is -0.590. The molecular weight excluding hydrogens is 406 g/mol. The van der Waals surface area contributed by atoms with E-state index in [4.69, 9.17) is 9.47 Å². The average molecular weight is 458 g/mol. The lowest BCUT2D eigenvalue weighted by Crippen LogP contribution is -2.64. The number of ether oxygens (including phenoxy) is 2. The van der Waals surface area contributed by atoms with E-state index in [0.29, 0.717) is 47.9 Å². The molecule has 33 heavy (non-hydrogen) atoms. The van der Waals surface area contributed by atoms with Crippen LogP contribution in [0.4, 0.5) is 0 Å². The topological polar surface area (TPSA) is 42.2 Å². The molecule has 3 heteroatoms. The molecule has 4 saturated carbocycles. The fourth-order valence-corrected chi connectivity index (χ4v) is 10.7. The standard InChI is InChI=1S/C30H51NO2/c1-8-22-25-16-19(2)13-14-29(25,5)27-21(4)17-30(6)23(20(3)10-9-15-31)11-12-24(30)26(27)28(22)33-18-32-7/h19-28H,8-14,16-18H2,1-7H3/t19-,20-,21?,22-,23-,24?,25+,26?,27?,28?,29+,30-/m1/s1. The van der Waals surface area contributed by atoms with Crippen molar-refractivity contribution in [2.24, 2.45) is 64.1 Å². The molecule has 0 spiro atoms. The summed E-state index contributed by atoms with van der Waals surface area (Å²) >= 11 is 0. The average Bonchev–Trinajstić information content (AvgIpc) is 3.12. The number of fused-ring (bicyclic) bond motifs is 5. The highest BCUT2D eigenvalue weighted by atomic mass is 16.7. The number of rotatable bonds is 7. The van der Waals surface area contributed by atoms with Gasteiger partial charge in [-0.2, -0.15) is 5.26 Å². The molecule has 0 amide bonds. The summed E-state index contributed by atoms with van der Waals surface area (Å²) in [4.78, 5) is 0. The Kier molecular flexibility index (Phi) is 7.58. The molecule has 0 bridgehead atoms. The molecule has 4 rings (SSSR count). The Bertz CT molecular complexity index is 717. The summed E-state index contributed by atoms with van der Waals surface area (Å²) in [6.45, 7) is 15.7.